The summed E-state index contributed by atoms with van der Waals surface area (Å²) in [5.41, 5.74) is 1.01. The normalized spacial score (nSPS) is 11.5. The largest absolute Gasteiger partial charge is 0.493 e. The van der Waals surface area contributed by atoms with Gasteiger partial charge in [0, 0.05) is 6.54 Å². The average molecular weight is 309 g/mol. The fourth-order valence-corrected chi connectivity index (χ4v) is 1.95. The number of amides is 1. The van der Waals surface area contributed by atoms with Gasteiger partial charge in [-0.25, -0.2) is 0 Å². The van der Waals surface area contributed by atoms with Crippen LogP contribution in [-0.2, 0) is 14.3 Å². The maximum Gasteiger partial charge on any atom is 0.315 e. The highest BCUT2D eigenvalue weighted by molar-refractivity contribution is 5.94. The number of carbonyl (C=O) groups is 2. The second-order valence-electron chi connectivity index (χ2n) is 4.80. The van der Waals surface area contributed by atoms with E-state index < -0.39 is 5.97 Å². The first-order valence-corrected chi connectivity index (χ1v) is 7.16. The van der Waals surface area contributed by atoms with E-state index in [-0.39, 0.29) is 24.9 Å². The van der Waals surface area contributed by atoms with Crippen molar-refractivity contribution in [2.75, 3.05) is 27.4 Å². The maximum atomic E-state index is 11.6. The van der Waals surface area contributed by atoms with Crippen molar-refractivity contribution in [3.05, 3.63) is 23.8 Å². The fraction of sp³-hybridized carbons (Fsp3) is 0.500. The molecule has 0 radical (unpaired) electrons. The Morgan fingerprint density at radius 2 is 1.86 bits per heavy atom. The minimum Gasteiger partial charge on any atom is -0.493 e. The first kappa shape index (κ1) is 17.8. The number of rotatable bonds is 8. The molecule has 1 aromatic carbocycles. The van der Waals surface area contributed by atoms with Gasteiger partial charge in [-0.05, 0) is 30.5 Å². The zero-order valence-electron chi connectivity index (χ0n) is 13.5. The van der Waals surface area contributed by atoms with Gasteiger partial charge in [0.1, 0.15) is 6.42 Å². The Morgan fingerprint density at radius 1 is 1.18 bits per heavy atom. The molecule has 1 amide bonds. The molecule has 22 heavy (non-hydrogen) atoms. The van der Waals surface area contributed by atoms with E-state index >= 15 is 0 Å². The van der Waals surface area contributed by atoms with Gasteiger partial charge < -0.3 is 19.5 Å². The molecule has 0 spiro atoms. The monoisotopic (exact) mass is 309 g/mol. The van der Waals surface area contributed by atoms with Gasteiger partial charge in [0.05, 0.1) is 20.8 Å². The van der Waals surface area contributed by atoms with Crippen molar-refractivity contribution < 1.29 is 23.8 Å². The van der Waals surface area contributed by atoms with E-state index in [9.17, 15) is 9.59 Å². The van der Waals surface area contributed by atoms with Crippen LogP contribution in [0.2, 0.25) is 0 Å². The van der Waals surface area contributed by atoms with Crippen molar-refractivity contribution in [1.82, 2.24) is 5.32 Å². The number of nitrogens with one attached hydrogen (secondary N) is 1. The van der Waals surface area contributed by atoms with Crippen LogP contribution >= 0.6 is 0 Å². The number of ether oxygens (including phenoxy) is 3. The van der Waals surface area contributed by atoms with E-state index in [4.69, 9.17) is 14.2 Å². The summed E-state index contributed by atoms with van der Waals surface area (Å²) in [6.45, 7) is 4.38. The molecule has 1 aromatic rings. The summed E-state index contributed by atoms with van der Waals surface area (Å²) in [6.07, 6.45) is -0.257. The summed E-state index contributed by atoms with van der Waals surface area (Å²) in [7, 11) is 3.16. The molecule has 0 aromatic heterocycles. The molecule has 1 rings (SSSR count). The number of methoxy groups -OCH3 is 2. The number of benzene rings is 1. The standard InChI is InChI=1S/C16H23NO5/c1-5-22-16(19)9-15(18)17-10-11(2)12-6-7-13(20-3)14(8-12)21-4/h6-8,11H,5,9-10H2,1-4H3,(H,17,18)/t11-/m0/s1. The molecule has 1 atom stereocenters. The van der Waals surface area contributed by atoms with E-state index in [2.05, 4.69) is 5.32 Å². The van der Waals surface area contributed by atoms with Crippen molar-refractivity contribution in [3.63, 3.8) is 0 Å². The summed E-state index contributed by atoms with van der Waals surface area (Å²) < 4.78 is 15.2. The lowest BCUT2D eigenvalue weighted by molar-refractivity contribution is -0.145. The highest BCUT2D eigenvalue weighted by Gasteiger charge is 2.13. The average Bonchev–Trinajstić information content (AvgIpc) is 2.52. The highest BCUT2D eigenvalue weighted by atomic mass is 16.5. The van der Waals surface area contributed by atoms with Crippen LogP contribution in [0, 0.1) is 0 Å². The topological polar surface area (TPSA) is 73.9 Å². The van der Waals surface area contributed by atoms with E-state index in [0.29, 0.717) is 18.0 Å². The van der Waals surface area contributed by atoms with Gasteiger partial charge in [-0.1, -0.05) is 13.0 Å². The number of carbonyl (C=O) groups excluding carboxylic acids is 2. The summed E-state index contributed by atoms with van der Waals surface area (Å²) in [5, 5.41) is 2.72. The molecule has 1 N–H and O–H groups in total. The van der Waals surface area contributed by atoms with Crippen LogP contribution in [0.25, 0.3) is 0 Å². The van der Waals surface area contributed by atoms with E-state index in [0.717, 1.165) is 5.56 Å². The van der Waals surface area contributed by atoms with Crippen LogP contribution in [0.3, 0.4) is 0 Å². The van der Waals surface area contributed by atoms with Crippen LogP contribution in [-0.4, -0.2) is 39.2 Å². The summed E-state index contributed by atoms with van der Waals surface area (Å²) in [4.78, 5) is 22.8. The molecule has 0 bridgehead atoms. The minimum absolute atomic E-state index is 0.0750. The molecule has 0 aliphatic heterocycles. The Labute approximate surface area is 130 Å². The molecule has 0 fully saturated rings. The molecule has 6 heteroatoms. The number of hydrogen-bond donors (Lipinski definition) is 1. The number of esters is 1. The second-order valence-corrected chi connectivity index (χ2v) is 4.80. The first-order chi connectivity index (χ1) is 10.5. The van der Waals surface area contributed by atoms with Crippen LogP contribution in [0.5, 0.6) is 11.5 Å². The molecule has 0 aliphatic carbocycles. The van der Waals surface area contributed by atoms with Crippen molar-refractivity contribution in [3.8, 4) is 11.5 Å². The van der Waals surface area contributed by atoms with Gasteiger partial charge in [-0.15, -0.1) is 0 Å². The van der Waals surface area contributed by atoms with Crippen molar-refractivity contribution in [1.29, 1.82) is 0 Å². The fourth-order valence-electron chi connectivity index (χ4n) is 1.95. The summed E-state index contributed by atoms with van der Waals surface area (Å²) >= 11 is 0. The Hall–Kier alpha value is -2.24. The SMILES string of the molecule is CCOC(=O)CC(=O)NC[C@H](C)c1ccc(OC)c(OC)c1. The third kappa shape index (κ3) is 5.27. The smallest absolute Gasteiger partial charge is 0.315 e. The lowest BCUT2D eigenvalue weighted by Crippen LogP contribution is -2.29. The van der Waals surface area contributed by atoms with E-state index in [1.807, 2.05) is 25.1 Å². The Kier molecular flexibility index (Phi) is 7.22. The Bertz CT molecular complexity index is 515. The lowest BCUT2D eigenvalue weighted by Gasteiger charge is -2.15. The molecular formula is C16H23NO5. The van der Waals surface area contributed by atoms with Crippen LogP contribution in [0.4, 0.5) is 0 Å². The predicted octanol–water partition coefficient (Wildman–Crippen LogP) is 1.88. The third-order valence-corrected chi connectivity index (χ3v) is 3.19. The highest BCUT2D eigenvalue weighted by Crippen LogP contribution is 2.30. The summed E-state index contributed by atoms with van der Waals surface area (Å²) in [6, 6.07) is 5.62. The molecule has 0 saturated carbocycles. The molecule has 6 nitrogen and oxygen atoms in total. The van der Waals surface area contributed by atoms with Crippen molar-refractivity contribution in [2.24, 2.45) is 0 Å². The zero-order chi connectivity index (χ0) is 16.5. The zero-order valence-corrected chi connectivity index (χ0v) is 13.5. The lowest BCUT2D eigenvalue weighted by atomic mass is 10.0. The maximum absolute atomic E-state index is 11.6. The van der Waals surface area contributed by atoms with Gasteiger partial charge in [-0.3, -0.25) is 9.59 Å². The molecule has 0 heterocycles. The Balaban J connectivity index is 2.56. The molecule has 0 unspecified atom stereocenters. The van der Waals surface area contributed by atoms with E-state index in [1.54, 1.807) is 21.1 Å². The first-order valence-electron chi connectivity index (χ1n) is 7.16. The van der Waals surface area contributed by atoms with Gasteiger partial charge in [0.15, 0.2) is 11.5 Å². The van der Waals surface area contributed by atoms with Crippen LogP contribution < -0.4 is 14.8 Å². The molecule has 0 aliphatic rings. The van der Waals surface area contributed by atoms with Crippen LogP contribution in [0.15, 0.2) is 18.2 Å². The summed E-state index contributed by atoms with van der Waals surface area (Å²) in [5.74, 6) is 0.519. The van der Waals surface area contributed by atoms with Gasteiger partial charge in [0.25, 0.3) is 0 Å². The van der Waals surface area contributed by atoms with Crippen molar-refractivity contribution >= 4 is 11.9 Å². The van der Waals surface area contributed by atoms with Crippen LogP contribution in [0.1, 0.15) is 31.7 Å². The van der Waals surface area contributed by atoms with Gasteiger partial charge in [-0.2, -0.15) is 0 Å². The molecule has 0 saturated heterocycles. The third-order valence-electron chi connectivity index (χ3n) is 3.19. The predicted molar refractivity (Wildman–Crippen MR) is 82.2 cm³/mol. The minimum atomic E-state index is -0.515. The van der Waals surface area contributed by atoms with Gasteiger partial charge >= 0.3 is 5.97 Å². The van der Waals surface area contributed by atoms with E-state index in [1.165, 1.54) is 0 Å². The molecular weight excluding hydrogens is 286 g/mol. The Morgan fingerprint density at radius 3 is 2.45 bits per heavy atom. The number of hydrogen-bond acceptors (Lipinski definition) is 5. The second kappa shape index (κ2) is 8.92. The van der Waals surface area contributed by atoms with Gasteiger partial charge in [0.2, 0.25) is 5.91 Å². The quantitative estimate of drug-likeness (QED) is 0.586. The molecule has 122 valence electrons. The van der Waals surface area contributed by atoms with Crippen molar-refractivity contribution in [2.45, 2.75) is 26.2 Å².